The van der Waals surface area contributed by atoms with Crippen LogP contribution in [0.15, 0.2) is 42.5 Å². The first-order valence-electron chi connectivity index (χ1n) is 9.42. The van der Waals surface area contributed by atoms with Gasteiger partial charge in [-0.05, 0) is 42.3 Å². The smallest absolute Gasteiger partial charge is 0.387 e. The highest BCUT2D eigenvalue weighted by Crippen LogP contribution is 2.29. The summed E-state index contributed by atoms with van der Waals surface area (Å²) < 4.78 is 45.2. The number of hydrogen-bond donors (Lipinski definition) is 2. The van der Waals surface area contributed by atoms with E-state index in [9.17, 15) is 13.6 Å². The zero-order valence-corrected chi connectivity index (χ0v) is 17.0. The van der Waals surface area contributed by atoms with Gasteiger partial charge in [-0.2, -0.15) is 8.78 Å². The van der Waals surface area contributed by atoms with Gasteiger partial charge in [0.2, 0.25) is 0 Å². The number of halogens is 2. The Morgan fingerprint density at radius 1 is 1.03 bits per heavy atom. The topological polar surface area (TPSA) is 78.1 Å². The zero-order chi connectivity index (χ0) is 21.8. The summed E-state index contributed by atoms with van der Waals surface area (Å²) in [4.78, 5) is 12.2. The van der Waals surface area contributed by atoms with E-state index in [2.05, 4.69) is 15.4 Å². The summed E-state index contributed by atoms with van der Waals surface area (Å²) in [6, 6.07) is 11.4. The predicted molar refractivity (Wildman–Crippen MR) is 108 cm³/mol. The van der Waals surface area contributed by atoms with E-state index in [1.165, 1.54) is 19.2 Å². The predicted octanol–water partition coefficient (Wildman–Crippen LogP) is 4.17. The minimum Gasteiger partial charge on any atom is -0.493 e. The third-order valence-corrected chi connectivity index (χ3v) is 3.93. The molecule has 2 aromatic rings. The first-order chi connectivity index (χ1) is 14.5. The lowest BCUT2D eigenvalue weighted by Gasteiger charge is -2.13. The molecule has 0 aliphatic carbocycles. The molecule has 0 aromatic heterocycles. The number of ether oxygens (including phenoxy) is 4. The second kappa shape index (κ2) is 12.6. The average molecular weight is 424 g/mol. The molecule has 0 spiro atoms. The molecule has 2 amide bonds. The van der Waals surface area contributed by atoms with Crippen molar-refractivity contribution in [2.24, 2.45) is 0 Å². The van der Waals surface area contributed by atoms with E-state index in [1.807, 2.05) is 25.1 Å². The van der Waals surface area contributed by atoms with Crippen LogP contribution in [0.3, 0.4) is 0 Å². The van der Waals surface area contributed by atoms with Gasteiger partial charge in [0, 0.05) is 18.8 Å². The number of alkyl halides is 2. The van der Waals surface area contributed by atoms with Crippen molar-refractivity contribution >= 4 is 11.7 Å². The van der Waals surface area contributed by atoms with E-state index in [-0.39, 0.29) is 18.0 Å². The maximum absolute atomic E-state index is 12.5. The fraction of sp³-hybridized carbons (Fsp3) is 0.381. The summed E-state index contributed by atoms with van der Waals surface area (Å²) >= 11 is 0. The van der Waals surface area contributed by atoms with Crippen LogP contribution in [0.25, 0.3) is 0 Å². The third kappa shape index (κ3) is 8.22. The van der Waals surface area contributed by atoms with Crippen LogP contribution in [0.5, 0.6) is 11.5 Å². The Morgan fingerprint density at radius 3 is 2.57 bits per heavy atom. The number of carbonyl (C=O) groups excluding carboxylic acids is 1. The van der Waals surface area contributed by atoms with Gasteiger partial charge < -0.3 is 29.6 Å². The van der Waals surface area contributed by atoms with Gasteiger partial charge >= 0.3 is 12.6 Å². The molecule has 9 heteroatoms. The van der Waals surface area contributed by atoms with Crippen molar-refractivity contribution in [3.05, 3.63) is 53.6 Å². The molecule has 164 valence electrons. The standard InChI is InChI=1S/C21H26F2N2O5/c1-3-28-9-10-29-14-16-5-4-6-17(11-16)25-21(26)24-13-15-7-8-18(27-2)19(12-15)30-20(22)23/h4-8,11-12,20H,3,9-10,13-14H2,1-2H3,(H2,24,25,26). The van der Waals surface area contributed by atoms with Crippen LogP contribution >= 0.6 is 0 Å². The summed E-state index contributed by atoms with van der Waals surface area (Å²) in [5, 5.41) is 5.40. The van der Waals surface area contributed by atoms with Gasteiger partial charge in [-0.25, -0.2) is 4.79 Å². The molecule has 0 fully saturated rings. The second-order valence-corrected chi connectivity index (χ2v) is 6.12. The summed E-state index contributed by atoms with van der Waals surface area (Å²) in [6.45, 7) is 1.15. The maximum Gasteiger partial charge on any atom is 0.387 e. The summed E-state index contributed by atoms with van der Waals surface area (Å²) in [5.41, 5.74) is 2.10. The van der Waals surface area contributed by atoms with Crippen LogP contribution in [0.2, 0.25) is 0 Å². The van der Waals surface area contributed by atoms with Gasteiger partial charge in [0.1, 0.15) is 0 Å². The fourth-order valence-electron chi connectivity index (χ4n) is 2.57. The van der Waals surface area contributed by atoms with Crippen LogP contribution in [0.1, 0.15) is 18.1 Å². The van der Waals surface area contributed by atoms with Crippen LogP contribution in [-0.2, 0) is 22.6 Å². The van der Waals surface area contributed by atoms with Crippen LogP contribution in [0, 0.1) is 0 Å². The number of anilines is 1. The summed E-state index contributed by atoms with van der Waals surface area (Å²) in [6.07, 6.45) is 0. The zero-order valence-electron chi connectivity index (χ0n) is 17.0. The number of hydrogen-bond acceptors (Lipinski definition) is 5. The van der Waals surface area contributed by atoms with Crippen molar-refractivity contribution in [3.63, 3.8) is 0 Å². The minimum absolute atomic E-state index is 0.0933. The molecule has 0 atom stereocenters. The third-order valence-electron chi connectivity index (χ3n) is 3.93. The highest BCUT2D eigenvalue weighted by Gasteiger charge is 2.12. The lowest BCUT2D eigenvalue weighted by molar-refractivity contribution is -0.0512. The Morgan fingerprint density at radius 2 is 1.83 bits per heavy atom. The Bertz CT molecular complexity index is 805. The lowest BCUT2D eigenvalue weighted by Crippen LogP contribution is -2.28. The Labute approximate surface area is 174 Å². The van der Waals surface area contributed by atoms with Crippen LogP contribution in [0.4, 0.5) is 19.3 Å². The molecule has 7 nitrogen and oxygen atoms in total. The van der Waals surface area contributed by atoms with E-state index in [0.29, 0.717) is 37.7 Å². The van der Waals surface area contributed by atoms with Crippen molar-refractivity contribution in [2.45, 2.75) is 26.7 Å². The molecule has 0 radical (unpaired) electrons. The summed E-state index contributed by atoms with van der Waals surface area (Å²) in [7, 11) is 1.36. The highest BCUT2D eigenvalue weighted by molar-refractivity contribution is 5.89. The molecular formula is C21H26F2N2O5. The molecule has 2 aromatic carbocycles. The Hall–Kier alpha value is -2.91. The second-order valence-electron chi connectivity index (χ2n) is 6.12. The van der Waals surface area contributed by atoms with Crippen molar-refractivity contribution in [1.82, 2.24) is 5.32 Å². The quantitative estimate of drug-likeness (QED) is 0.500. The van der Waals surface area contributed by atoms with E-state index in [4.69, 9.17) is 14.2 Å². The van der Waals surface area contributed by atoms with Gasteiger partial charge in [0.05, 0.1) is 26.9 Å². The monoisotopic (exact) mass is 424 g/mol. The van der Waals surface area contributed by atoms with Crippen molar-refractivity contribution < 1.29 is 32.5 Å². The first kappa shape index (κ1) is 23.4. The normalized spacial score (nSPS) is 10.7. The van der Waals surface area contributed by atoms with Gasteiger partial charge in [0.15, 0.2) is 11.5 Å². The number of rotatable bonds is 12. The molecule has 0 heterocycles. The van der Waals surface area contributed by atoms with Gasteiger partial charge in [-0.3, -0.25) is 0 Å². The van der Waals surface area contributed by atoms with Crippen LogP contribution in [-0.4, -0.2) is 39.6 Å². The molecule has 0 unspecified atom stereocenters. The Kier molecular flexibility index (Phi) is 9.82. The fourth-order valence-corrected chi connectivity index (χ4v) is 2.57. The van der Waals surface area contributed by atoms with Crippen molar-refractivity contribution in [1.29, 1.82) is 0 Å². The molecule has 30 heavy (non-hydrogen) atoms. The van der Waals surface area contributed by atoms with E-state index < -0.39 is 12.6 Å². The Balaban J connectivity index is 1.85. The van der Waals surface area contributed by atoms with E-state index >= 15 is 0 Å². The molecule has 2 rings (SSSR count). The van der Waals surface area contributed by atoms with Gasteiger partial charge in [0.25, 0.3) is 0 Å². The number of amides is 2. The highest BCUT2D eigenvalue weighted by atomic mass is 19.3. The first-order valence-corrected chi connectivity index (χ1v) is 9.42. The van der Waals surface area contributed by atoms with Crippen molar-refractivity contribution in [2.75, 3.05) is 32.2 Å². The summed E-state index contributed by atoms with van der Waals surface area (Å²) in [5.74, 6) is 0.0908. The number of urea groups is 1. The van der Waals surface area contributed by atoms with Crippen LogP contribution < -0.4 is 20.1 Å². The molecule has 0 bridgehead atoms. The lowest BCUT2D eigenvalue weighted by atomic mass is 10.2. The maximum atomic E-state index is 12.5. The average Bonchev–Trinajstić information content (AvgIpc) is 2.72. The van der Waals surface area contributed by atoms with E-state index in [0.717, 1.165) is 5.56 Å². The van der Waals surface area contributed by atoms with Gasteiger partial charge in [-0.15, -0.1) is 0 Å². The number of methoxy groups -OCH3 is 1. The van der Waals surface area contributed by atoms with Crippen molar-refractivity contribution in [3.8, 4) is 11.5 Å². The molecular weight excluding hydrogens is 398 g/mol. The molecule has 0 saturated heterocycles. The minimum atomic E-state index is -2.97. The largest absolute Gasteiger partial charge is 0.493 e. The molecule has 0 saturated carbocycles. The van der Waals surface area contributed by atoms with Gasteiger partial charge in [-0.1, -0.05) is 18.2 Å². The number of nitrogens with one attached hydrogen (secondary N) is 2. The molecule has 2 N–H and O–H groups in total. The molecule has 0 aliphatic rings. The molecule has 0 aliphatic heterocycles. The SMILES string of the molecule is CCOCCOCc1cccc(NC(=O)NCc2ccc(OC)c(OC(F)F)c2)c1. The number of carbonyl (C=O) groups is 1. The number of benzene rings is 2. The van der Waals surface area contributed by atoms with E-state index in [1.54, 1.807) is 12.1 Å².